The van der Waals surface area contributed by atoms with E-state index in [9.17, 15) is 4.79 Å². The molecule has 1 amide bonds. The van der Waals surface area contributed by atoms with Gasteiger partial charge in [0.25, 0.3) is 0 Å². The molecule has 0 aliphatic rings. The second kappa shape index (κ2) is 7.16. The predicted octanol–water partition coefficient (Wildman–Crippen LogP) is 3.40. The van der Waals surface area contributed by atoms with Gasteiger partial charge in [-0.2, -0.15) is 0 Å². The number of nitrogens with zero attached hydrogens (tertiary/aromatic N) is 4. The fourth-order valence-electron chi connectivity index (χ4n) is 1.87. The van der Waals surface area contributed by atoms with Crippen LogP contribution < -0.4 is 5.32 Å². The molecule has 0 atom stereocenters. The molecule has 0 aliphatic carbocycles. The van der Waals surface area contributed by atoms with Gasteiger partial charge in [0.1, 0.15) is 10.7 Å². The van der Waals surface area contributed by atoms with Crippen molar-refractivity contribution in [2.24, 2.45) is 0 Å². The number of nitrogens with one attached hydrogen (secondary N) is 1. The van der Waals surface area contributed by atoms with Crippen LogP contribution in [0.2, 0.25) is 0 Å². The molecule has 0 fully saturated rings. The summed E-state index contributed by atoms with van der Waals surface area (Å²) in [7, 11) is 0. The highest BCUT2D eigenvalue weighted by molar-refractivity contribution is 7.99. The molecule has 23 heavy (non-hydrogen) atoms. The molecule has 0 bridgehead atoms. The minimum Gasteiger partial charge on any atom is -0.301 e. The number of carbonyl (C=O) groups excluding carboxylic acids is 1. The zero-order valence-corrected chi connectivity index (χ0v) is 14.9. The Morgan fingerprint density at radius 3 is 2.78 bits per heavy atom. The number of amides is 1. The molecule has 3 aromatic rings. The van der Waals surface area contributed by atoms with E-state index in [1.165, 1.54) is 23.1 Å². The van der Waals surface area contributed by atoms with Crippen molar-refractivity contribution in [1.29, 1.82) is 0 Å². The van der Waals surface area contributed by atoms with Gasteiger partial charge in [-0.25, -0.2) is 9.97 Å². The van der Waals surface area contributed by atoms with Crippen LogP contribution in [-0.2, 0) is 4.79 Å². The van der Waals surface area contributed by atoms with E-state index in [-0.39, 0.29) is 11.7 Å². The van der Waals surface area contributed by atoms with Crippen molar-refractivity contribution in [3.8, 4) is 10.6 Å². The number of anilines is 1. The van der Waals surface area contributed by atoms with Gasteiger partial charge in [-0.3, -0.25) is 4.79 Å². The fraction of sp³-hybridized carbons (Fsp3) is 0.214. The van der Waals surface area contributed by atoms with Crippen molar-refractivity contribution in [3.63, 3.8) is 0 Å². The van der Waals surface area contributed by atoms with Crippen LogP contribution in [0.15, 0.2) is 28.7 Å². The van der Waals surface area contributed by atoms with Crippen LogP contribution in [0.4, 0.5) is 5.13 Å². The standard InChI is InChI=1S/C14H13N5OS3/c1-8-13(23-9(2)16-8)10-3-4-12(19-18-10)22-7-11(20)17-14-15-5-6-21-14/h3-6H,7H2,1-2H3,(H,15,17,20). The maximum Gasteiger partial charge on any atom is 0.236 e. The Balaban J connectivity index is 1.59. The zero-order chi connectivity index (χ0) is 16.2. The van der Waals surface area contributed by atoms with Crippen molar-refractivity contribution < 1.29 is 4.79 Å². The van der Waals surface area contributed by atoms with Crippen molar-refractivity contribution >= 4 is 45.5 Å². The van der Waals surface area contributed by atoms with E-state index in [0.29, 0.717) is 10.2 Å². The molecule has 0 aliphatic heterocycles. The van der Waals surface area contributed by atoms with Gasteiger partial charge in [0.2, 0.25) is 5.91 Å². The summed E-state index contributed by atoms with van der Waals surface area (Å²) in [4.78, 5) is 21.2. The van der Waals surface area contributed by atoms with E-state index in [0.717, 1.165) is 21.3 Å². The molecule has 118 valence electrons. The van der Waals surface area contributed by atoms with Gasteiger partial charge in [-0.15, -0.1) is 32.9 Å². The number of aromatic nitrogens is 4. The molecule has 0 aromatic carbocycles. The summed E-state index contributed by atoms with van der Waals surface area (Å²) < 4.78 is 0. The normalized spacial score (nSPS) is 10.7. The number of thiazole rings is 2. The van der Waals surface area contributed by atoms with E-state index in [1.54, 1.807) is 17.5 Å². The topological polar surface area (TPSA) is 80.7 Å². The Kier molecular flexibility index (Phi) is 4.99. The third-order valence-corrected chi connectivity index (χ3v) is 5.51. The first-order valence-electron chi connectivity index (χ1n) is 6.72. The largest absolute Gasteiger partial charge is 0.301 e. The number of hydrogen-bond donors (Lipinski definition) is 1. The van der Waals surface area contributed by atoms with Gasteiger partial charge in [0.15, 0.2) is 5.13 Å². The molecule has 3 rings (SSSR count). The number of carbonyl (C=O) groups is 1. The fourth-order valence-corrected chi connectivity index (χ4v) is 3.91. The maximum atomic E-state index is 11.8. The molecule has 0 spiro atoms. The molecule has 9 heteroatoms. The Hall–Kier alpha value is -1.84. The Morgan fingerprint density at radius 2 is 2.17 bits per heavy atom. The van der Waals surface area contributed by atoms with E-state index >= 15 is 0 Å². The minimum atomic E-state index is -0.107. The van der Waals surface area contributed by atoms with Gasteiger partial charge in [0.05, 0.1) is 21.3 Å². The molecule has 0 saturated carbocycles. The van der Waals surface area contributed by atoms with Gasteiger partial charge in [0, 0.05) is 11.6 Å². The van der Waals surface area contributed by atoms with E-state index < -0.39 is 0 Å². The lowest BCUT2D eigenvalue weighted by molar-refractivity contribution is -0.113. The summed E-state index contributed by atoms with van der Waals surface area (Å²) in [6.45, 7) is 3.94. The smallest absolute Gasteiger partial charge is 0.236 e. The highest BCUT2D eigenvalue weighted by atomic mass is 32.2. The lowest BCUT2D eigenvalue weighted by Gasteiger charge is -2.02. The summed E-state index contributed by atoms with van der Waals surface area (Å²) in [6.07, 6.45) is 1.65. The Morgan fingerprint density at radius 1 is 1.30 bits per heavy atom. The molecule has 1 N–H and O–H groups in total. The lowest BCUT2D eigenvalue weighted by Crippen LogP contribution is -2.13. The first-order valence-corrected chi connectivity index (χ1v) is 9.40. The minimum absolute atomic E-state index is 0.107. The van der Waals surface area contributed by atoms with Crippen LogP contribution in [0.5, 0.6) is 0 Å². The quantitative estimate of drug-likeness (QED) is 0.700. The van der Waals surface area contributed by atoms with Gasteiger partial charge >= 0.3 is 0 Å². The molecular formula is C14H13N5OS3. The predicted molar refractivity (Wildman–Crippen MR) is 94.1 cm³/mol. The van der Waals surface area contributed by atoms with Crippen LogP contribution in [0.1, 0.15) is 10.7 Å². The molecular weight excluding hydrogens is 350 g/mol. The SMILES string of the molecule is Cc1nc(C)c(-c2ccc(SCC(=O)Nc3nccs3)nn2)s1. The molecule has 0 radical (unpaired) electrons. The highest BCUT2D eigenvalue weighted by Gasteiger charge is 2.10. The molecule has 3 aromatic heterocycles. The average Bonchev–Trinajstić information content (AvgIpc) is 3.15. The first kappa shape index (κ1) is 16.0. The van der Waals surface area contributed by atoms with Crippen LogP contribution in [0.25, 0.3) is 10.6 Å². The van der Waals surface area contributed by atoms with Crippen molar-refractivity contribution in [2.75, 3.05) is 11.1 Å². The van der Waals surface area contributed by atoms with Crippen LogP contribution in [0, 0.1) is 13.8 Å². The van der Waals surface area contributed by atoms with Crippen LogP contribution >= 0.6 is 34.4 Å². The molecule has 6 nitrogen and oxygen atoms in total. The third-order valence-electron chi connectivity index (χ3n) is 2.81. The number of hydrogen-bond acceptors (Lipinski definition) is 8. The summed E-state index contributed by atoms with van der Waals surface area (Å²) >= 11 is 4.34. The average molecular weight is 363 g/mol. The Labute approximate surface area is 145 Å². The van der Waals surface area contributed by atoms with E-state index in [2.05, 4.69) is 25.5 Å². The second-order valence-electron chi connectivity index (χ2n) is 4.58. The van der Waals surface area contributed by atoms with Crippen molar-refractivity contribution in [2.45, 2.75) is 18.9 Å². The summed E-state index contributed by atoms with van der Waals surface area (Å²) in [5.41, 5.74) is 1.77. The second-order valence-corrected chi connectivity index (χ2v) is 7.67. The first-order chi connectivity index (χ1) is 11.1. The lowest BCUT2D eigenvalue weighted by atomic mass is 10.3. The van der Waals surface area contributed by atoms with Crippen molar-refractivity contribution in [1.82, 2.24) is 20.2 Å². The van der Waals surface area contributed by atoms with Crippen molar-refractivity contribution in [3.05, 3.63) is 34.4 Å². The van der Waals surface area contributed by atoms with E-state index in [4.69, 9.17) is 0 Å². The van der Waals surface area contributed by atoms with Gasteiger partial charge in [-0.1, -0.05) is 11.8 Å². The maximum absolute atomic E-state index is 11.8. The third kappa shape index (κ3) is 4.12. The number of aryl methyl sites for hydroxylation is 2. The summed E-state index contributed by atoms with van der Waals surface area (Å²) in [5.74, 6) is 0.163. The molecule has 0 saturated heterocycles. The highest BCUT2D eigenvalue weighted by Crippen LogP contribution is 2.28. The Bertz CT molecular complexity index is 798. The van der Waals surface area contributed by atoms with E-state index in [1.807, 2.05) is 31.4 Å². The number of rotatable bonds is 5. The summed E-state index contributed by atoms with van der Waals surface area (Å²) in [6, 6.07) is 3.78. The monoisotopic (exact) mass is 363 g/mol. The zero-order valence-electron chi connectivity index (χ0n) is 12.4. The van der Waals surface area contributed by atoms with Crippen LogP contribution in [-0.4, -0.2) is 31.8 Å². The van der Waals surface area contributed by atoms with Gasteiger partial charge in [-0.05, 0) is 26.0 Å². The van der Waals surface area contributed by atoms with Crippen LogP contribution in [0.3, 0.4) is 0 Å². The van der Waals surface area contributed by atoms with Gasteiger partial charge < -0.3 is 5.32 Å². The number of thioether (sulfide) groups is 1. The summed E-state index contributed by atoms with van der Waals surface area (Å²) in [5, 5.41) is 15.3. The molecule has 0 unspecified atom stereocenters. The molecule has 3 heterocycles.